The molecule has 3 N–H and O–H groups in total. The first-order valence-corrected chi connectivity index (χ1v) is 9.66. The number of aryl methyl sites for hydroxylation is 1. The summed E-state index contributed by atoms with van der Waals surface area (Å²) in [5, 5.41) is 7.27. The van der Waals surface area contributed by atoms with Gasteiger partial charge in [-0.3, -0.25) is 19.1 Å². The summed E-state index contributed by atoms with van der Waals surface area (Å²) < 4.78 is 15.3. The number of carbonyl (C=O) groups excluding carboxylic acids is 3. The SMILES string of the molecule is C[C@H](NC(=O)Cn1nc(C(N)=O)c2ccccc21)C(=O)CCc1cccc(Cl)c1F. The summed E-state index contributed by atoms with van der Waals surface area (Å²) in [4.78, 5) is 36.3. The zero-order valence-corrected chi connectivity index (χ0v) is 16.9. The van der Waals surface area contributed by atoms with Crippen molar-refractivity contribution in [3.63, 3.8) is 0 Å². The van der Waals surface area contributed by atoms with Crippen LogP contribution in [0.15, 0.2) is 42.5 Å². The number of nitrogens with zero attached hydrogens (tertiary/aromatic N) is 2. The molecule has 2 aromatic carbocycles. The minimum absolute atomic E-state index is 0.00285. The highest BCUT2D eigenvalue weighted by molar-refractivity contribution is 6.30. The van der Waals surface area contributed by atoms with Crippen molar-refractivity contribution in [2.45, 2.75) is 32.4 Å². The molecule has 156 valence electrons. The highest BCUT2D eigenvalue weighted by atomic mass is 35.5. The second-order valence-electron chi connectivity index (χ2n) is 6.86. The lowest BCUT2D eigenvalue weighted by atomic mass is 10.0. The van der Waals surface area contributed by atoms with Crippen molar-refractivity contribution in [2.75, 3.05) is 0 Å². The molecule has 0 fully saturated rings. The van der Waals surface area contributed by atoms with Crippen LogP contribution in [0, 0.1) is 5.82 Å². The Bertz CT molecular complexity index is 1130. The van der Waals surface area contributed by atoms with Crippen LogP contribution in [-0.4, -0.2) is 33.4 Å². The van der Waals surface area contributed by atoms with Gasteiger partial charge in [0.05, 0.1) is 16.6 Å². The molecule has 0 aliphatic rings. The highest BCUT2D eigenvalue weighted by Crippen LogP contribution is 2.20. The van der Waals surface area contributed by atoms with Crippen molar-refractivity contribution >= 4 is 40.1 Å². The lowest BCUT2D eigenvalue weighted by Crippen LogP contribution is -2.40. The second kappa shape index (κ2) is 9.04. The van der Waals surface area contributed by atoms with Crippen LogP contribution in [0.2, 0.25) is 5.02 Å². The molecule has 3 aromatic rings. The average Bonchev–Trinajstić information content (AvgIpc) is 3.07. The van der Waals surface area contributed by atoms with Crippen molar-refractivity contribution in [1.82, 2.24) is 15.1 Å². The molecular formula is C21H20ClFN4O3. The first-order valence-electron chi connectivity index (χ1n) is 9.28. The maximum atomic E-state index is 13.9. The molecule has 0 radical (unpaired) electrons. The summed E-state index contributed by atoms with van der Waals surface area (Å²) in [6, 6.07) is 10.8. The number of carbonyl (C=O) groups is 3. The van der Waals surface area contributed by atoms with E-state index >= 15 is 0 Å². The molecule has 0 saturated carbocycles. The Morgan fingerprint density at radius 1 is 1.20 bits per heavy atom. The van der Waals surface area contributed by atoms with Crippen LogP contribution in [0.1, 0.15) is 29.4 Å². The monoisotopic (exact) mass is 430 g/mol. The molecule has 0 unspecified atom stereocenters. The number of fused-ring (bicyclic) bond motifs is 1. The smallest absolute Gasteiger partial charge is 0.269 e. The quantitative estimate of drug-likeness (QED) is 0.572. The van der Waals surface area contributed by atoms with E-state index in [1.54, 1.807) is 43.3 Å². The second-order valence-corrected chi connectivity index (χ2v) is 7.26. The van der Waals surface area contributed by atoms with Crippen molar-refractivity contribution in [3.8, 4) is 0 Å². The number of halogens is 2. The number of benzene rings is 2. The number of hydrogen-bond donors (Lipinski definition) is 2. The molecule has 1 atom stereocenters. The van der Waals surface area contributed by atoms with Crippen LogP contribution < -0.4 is 11.1 Å². The van der Waals surface area contributed by atoms with Crippen LogP contribution in [0.3, 0.4) is 0 Å². The van der Waals surface area contributed by atoms with Crippen LogP contribution in [0.5, 0.6) is 0 Å². The van der Waals surface area contributed by atoms with E-state index in [1.807, 2.05) is 0 Å². The van der Waals surface area contributed by atoms with Crippen LogP contribution in [0.4, 0.5) is 4.39 Å². The Kier molecular flexibility index (Phi) is 6.47. The van der Waals surface area contributed by atoms with Crippen molar-refractivity contribution in [1.29, 1.82) is 0 Å². The molecule has 30 heavy (non-hydrogen) atoms. The number of para-hydroxylation sites is 1. The van der Waals surface area contributed by atoms with E-state index in [0.717, 1.165) is 0 Å². The van der Waals surface area contributed by atoms with Crippen LogP contribution in [-0.2, 0) is 22.6 Å². The zero-order chi connectivity index (χ0) is 21.8. The molecule has 2 amide bonds. The molecular weight excluding hydrogens is 411 g/mol. The predicted molar refractivity (Wildman–Crippen MR) is 111 cm³/mol. The maximum Gasteiger partial charge on any atom is 0.269 e. The molecule has 0 bridgehead atoms. The van der Waals surface area contributed by atoms with Crippen LogP contribution in [0.25, 0.3) is 10.9 Å². The number of hydrogen-bond acceptors (Lipinski definition) is 4. The standard InChI is InChI=1S/C21H20ClFN4O3/c1-12(17(28)10-9-13-5-4-7-15(22)19(13)23)25-18(29)11-27-16-8-3-2-6-14(16)20(26-27)21(24)30/h2-8,12H,9-11H2,1H3,(H2,24,30)(H,25,29)/t12-/m0/s1. The van der Waals surface area contributed by atoms with Gasteiger partial charge in [-0.15, -0.1) is 0 Å². The molecule has 0 saturated heterocycles. The Hall–Kier alpha value is -3.26. The molecule has 1 heterocycles. The Labute approximate surface area is 177 Å². The van der Waals surface area contributed by atoms with E-state index < -0.39 is 23.7 Å². The van der Waals surface area contributed by atoms with E-state index in [9.17, 15) is 18.8 Å². The van der Waals surface area contributed by atoms with Gasteiger partial charge in [0.15, 0.2) is 11.5 Å². The first-order chi connectivity index (χ1) is 14.3. The fraction of sp³-hybridized carbons (Fsp3) is 0.238. The Morgan fingerprint density at radius 2 is 1.93 bits per heavy atom. The van der Waals surface area contributed by atoms with Gasteiger partial charge < -0.3 is 11.1 Å². The number of rotatable bonds is 8. The van der Waals surface area contributed by atoms with E-state index in [0.29, 0.717) is 16.5 Å². The topological polar surface area (TPSA) is 107 Å². The van der Waals surface area contributed by atoms with E-state index in [4.69, 9.17) is 17.3 Å². The van der Waals surface area contributed by atoms with E-state index in [1.165, 1.54) is 10.7 Å². The Balaban J connectivity index is 1.62. The molecule has 3 rings (SSSR count). The number of Topliss-reactive ketones (excluding diaryl/α,β-unsaturated/α-hetero) is 1. The molecule has 0 spiro atoms. The molecule has 7 nitrogen and oxygen atoms in total. The van der Waals surface area contributed by atoms with E-state index in [-0.39, 0.29) is 35.9 Å². The number of ketones is 1. The first kappa shape index (κ1) is 21.4. The van der Waals surface area contributed by atoms with Gasteiger partial charge in [0, 0.05) is 11.8 Å². The van der Waals surface area contributed by atoms with Crippen molar-refractivity contribution < 1.29 is 18.8 Å². The van der Waals surface area contributed by atoms with Gasteiger partial charge in [0.25, 0.3) is 5.91 Å². The number of amides is 2. The van der Waals surface area contributed by atoms with Gasteiger partial charge in [-0.1, -0.05) is 41.9 Å². The van der Waals surface area contributed by atoms with Gasteiger partial charge in [-0.2, -0.15) is 5.10 Å². The van der Waals surface area contributed by atoms with Crippen LogP contribution >= 0.6 is 11.6 Å². The summed E-state index contributed by atoms with van der Waals surface area (Å²) in [5.74, 6) is -1.93. The van der Waals surface area contributed by atoms with Crippen molar-refractivity contribution in [3.05, 3.63) is 64.6 Å². The largest absolute Gasteiger partial charge is 0.364 e. The maximum absolute atomic E-state index is 13.9. The van der Waals surface area contributed by atoms with Gasteiger partial charge in [-0.05, 0) is 31.0 Å². The van der Waals surface area contributed by atoms with Gasteiger partial charge in [0.1, 0.15) is 12.4 Å². The minimum Gasteiger partial charge on any atom is -0.364 e. The molecule has 1 aromatic heterocycles. The third-order valence-corrected chi connectivity index (χ3v) is 5.01. The lowest BCUT2D eigenvalue weighted by molar-refractivity contribution is -0.127. The summed E-state index contributed by atoms with van der Waals surface area (Å²) in [6.45, 7) is 1.37. The molecule has 9 heteroatoms. The summed E-state index contributed by atoms with van der Waals surface area (Å²) in [6.07, 6.45) is 0.229. The number of aromatic nitrogens is 2. The summed E-state index contributed by atoms with van der Waals surface area (Å²) in [7, 11) is 0. The number of nitrogens with one attached hydrogen (secondary N) is 1. The lowest BCUT2D eigenvalue weighted by Gasteiger charge is -2.13. The fourth-order valence-electron chi connectivity index (χ4n) is 3.15. The third kappa shape index (κ3) is 4.65. The minimum atomic E-state index is -0.766. The highest BCUT2D eigenvalue weighted by Gasteiger charge is 2.19. The molecule has 0 aliphatic carbocycles. The van der Waals surface area contributed by atoms with E-state index in [2.05, 4.69) is 10.4 Å². The van der Waals surface area contributed by atoms with Crippen molar-refractivity contribution in [2.24, 2.45) is 5.73 Å². The third-order valence-electron chi connectivity index (χ3n) is 4.72. The Morgan fingerprint density at radius 3 is 2.67 bits per heavy atom. The summed E-state index contributed by atoms with van der Waals surface area (Å²) in [5.41, 5.74) is 6.35. The summed E-state index contributed by atoms with van der Waals surface area (Å²) >= 11 is 5.75. The average molecular weight is 431 g/mol. The van der Waals surface area contributed by atoms with Gasteiger partial charge >= 0.3 is 0 Å². The number of nitrogens with two attached hydrogens (primary N) is 1. The molecule has 0 aliphatic heterocycles. The zero-order valence-electron chi connectivity index (χ0n) is 16.2. The number of primary amides is 1. The van der Waals surface area contributed by atoms with Gasteiger partial charge in [0.2, 0.25) is 5.91 Å². The van der Waals surface area contributed by atoms with Gasteiger partial charge in [-0.25, -0.2) is 4.39 Å². The predicted octanol–water partition coefficient (Wildman–Crippen LogP) is 2.63. The normalized spacial score (nSPS) is 12.0. The fourth-order valence-corrected chi connectivity index (χ4v) is 3.34.